The number of carbonyl (C=O) groups excluding carboxylic acids is 1. The summed E-state index contributed by atoms with van der Waals surface area (Å²) in [7, 11) is 0. The zero-order valence-corrected chi connectivity index (χ0v) is 13.8. The molecule has 0 amide bonds. The largest absolute Gasteiger partial charge is 0.388 e. The van der Waals surface area contributed by atoms with E-state index >= 15 is 0 Å². The van der Waals surface area contributed by atoms with Crippen molar-refractivity contribution in [3.05, 3.63) is 94.8 Å². The average Bonchev–Trinajstić information content (AvgIpc) is 2.63. The van der Waals surface area contributed by atoms with Gasteiger partial charge in [-0.25, -0.2) is 0 Å². The highest BCUT2D eigenvalue weighted by molar-refractivity contribution is 7.71. The number of hydrogen-bond acceptors (Lipinski definition) is 3. The monoisotopic (exact) mass is 335 g/mol. The van der Waals surface area contributed by atoms with E-state index in [0.29, 0.717) is 15.8 Å². The third-order valence-electron chi connectivity index (χ3n) is 3.84. The summed E-state index contributed by atoms with van der Waals surface area (Å²) >= 11 is 5.51. The summed E-state index contributed by atoms with van der Waals surface area (Å²) in [4.78, 5) is 12.3. The van der Waals surface area contributed by atoms with Crippen molar-refractivity contribution in [1.29, 1.82) is 0 Å². The van der Waals surface area contributed by atoms with Gasteiger partial charge >= 0.3 is 0 Å². The van der Waals surface area contributed by atoms with E-state index in [-0.39, 0.29) is 12.2 Å². The van der Waals surface area contributed by atoms with Gasteiger partial charge in [-0.15, -0.1) is 0 Å². The lowest BCUT2D eigenvalue weighted by Gasteiger charge is -2.14. The van der Waals surface area contributed by atoms with Crippen molar-refractivity contribution < 1.29 is 9.90 Å². The number of rotatable bonds is 5. The minimum atomic E-state index is -0.929. The van der Waals surface area contributed by atoms with Crippen molar-refractivity contribution in [2.45, 2.75) is 12.5 Å². The predicted molar refractivity (Wildman–Crippen MR) is 97.0 cm³/mol. The van der Waals surface area contributed by atoms with Gasteiger partial charge in [0, 0.05) is 29.4 Å². The van der Waals surface area contributed by atoms with Crippen LogP contribution in [-0.2, 0) is 0 Å². The fraction of sp³-hybridized carbons (Fsp3) is 0.100. The molecule has 2 aromatic carbocycles. The second-order valence-electron chi connectivity index (χ2n) is 5.48. The number of ketones is 1. The number of para-hydroxylation sites is 1. The van der Waals surface area contributed by atoms with Gasteiger partial charge in [-0.1, -0.05) is 66.8 Å². The Morgan fingerprint density at radius 1 is 0.958 bits per heavy atom. The van der Waals surface area contributed by atoms with Crippen molar-refractivity contribution >= 4 is 18.0 Å². The first kappa shape index (κ1) is 16.3. The Hall–Kier alpha value is -2.56. The van der Waals surface area contributed by atoms with Crippen LogP contribution in [0.5, 0.6) is 0 Å². The Balaban J connectivity index is 1.87. The topological polar surface area (TPSA) is 42.2 Å². The van der Waals surface area contributed by atoms with E-state index in [1.807, 2.05) is 65.4 Å². The Morgan fingerprint density at radius 3 is 2.25 bits per heavy atom. The quantitative estimate of drug-likeness (QED) is 0.551. The number of nitrogens with zero attached hydrogens (tertiary/aromatic N) is 1. The summed E-state index contributed by atoms with van der Waals surface area (Å²) in [6, 6.07) is 22.3. The summed E-state index contributed by atoms with van der Waals surface area (Å²) in [6.07, 6.45) is 0.931. The molecule has 0 aliphatic heterocycles. The number of hydrogen-bond donors (Lipinski definition) is 1. The van der Waals surface area contributed by atoms with Crippen molar-refractivity contribution in [2.24, 2.45) is 0 Å². The molecule has 0 radical (unpaired) electrons. The van der Waals surface area contributed by atoms with E-state index in [0.717, 1.165) is 5.69 Å². The van der Waals surface area contributed by atoms with Crippen molar-refractivity contribution in [3.63, 3.8) is 0 Å². The van der Waals surface area contributed by atoms with Gasteiger partial charge in [0.25, 0.3) is 0 Å². The van der Waals surface area contributed by atoms with E-state index in [4.69, 9.17) is 12.2 Å². The van der Waals surface area contributed by atoms with E-state index in [9.17, 15) is 9.90 Å². The molecule has 1 aromatic heterocycles. The van der Waals surface area contributed by atoms with Gasteiger partial charge in [0.05, 0.1) is 6.10 Å². The van der Waals surface area contributed by atoms with Gasteiger partial charge in [-0.2, -0.15) is 0 Å². The normalized spacial score (nSPS) is 11.9. The van der Waals surface area contributed by atoms with Crippen molar-refractivity contribution in [2.75, 3.05) is 0 Å². The van der Waals surface area contributed by atoms with Crippen LogP contribution in [0, 0.1) is 4.64 Å². The number of aromatic nitrogens is 1. The lowest BCUT2D eigenvalue weighted by Crippen LogP contribution is -2.10. The van der Waals surface area contributed by atoms with E-state index in [1.54, 1.807) is 18.2 Å². The van der Waals surface area contributed by atoms with Gasteiger partial charge in [-0.3, -0.25) is 4.79 Å². The van der Waals surface area contributed by atoms with Crippen molar-refractivity contribution in [1.82, 2.24) is 4.57 Å². The highest BCUT2D eigenvalue weighted by Gasteiger charge is 2.16. The van der Waals surface area contributed by atoms with Crippen LogP contribution in [0.2, 0.25) is 0 Å². The maximum absolute atomic E-state index is 12.3. The SMILES string of the molecule is O=C(C[C@@H](O)c1cccn(-c2ccccc2)c1=S)c1ccccc1. The van der Waals surface area contributed by atoms with Crippen LogP contribution in [0.1, 0.15) is 28.4 Å². The lowest BCUT2D eigenvalue weighted by atomic mass is 10.0. The van der Waals surface area contributed by atoms with Gasteiger partial charge in [0.15, 0.2) is 5.78 Å². The molecule has 0 aliphatic rings. The molecule has 0 aliphatic carbocycles. The molecule has 24 heavy (non-hydrogen) atoms. The minimum absolute atomic E-state index is 0.00641. The number of carbonyl (C=O) groups is 1. The predicted octanol–water partition coefficient (Wildman–Crippen LogP) is 4.51. The molecule has 120 valence electrons. The number of Topliss-reactive ketones (excluding diaryl/α,β-unsaturated/α-hetero) is 1. The molecule has 3 aromatic rings. The zero-order chi connectivity index (χ0) is 16.9. The molecule has 0 unspecified atom stereocenters. The van der Waals surface area contributed by atoms with E-state index in [1.165, 1.54) is 0 Å². The number of aliphatic hydroxyl groups is 1. The summed E-state index contributed by atoms with van der Waals surface area (Å²) in [6.45, 7) is 0. The maximum Gasteiger partial charge on any atom is 0.165 e. The highest BCUT2D eigenvalue weighted by atomic mass is 32.1. The number of pyridine rings is 1. The van der Waals surface area contributed by atoms with Crippen LogP contribution in [0.4, 0.5) is 0 Å². The second kappa shape index (κ2) is 7.34. The maximum atomic E-state index is 12.3. The molecule has 3 nitrogen and oxygen atoms in total. The van der Waals surface area contributed by atoms with Crippen LogP contribution >= 0.6 is 12.2 Å². The van der Waals surface area contributed by atoms with Gasteiger partial charge < -0.3 is 9.67 Å². The minimum Gasteiger partial charge on any atom is -0.388 e. The molecule has 1 atom stereocenters. The molecular weight excluding hydrogens is 318 g/mol. The molecule has 1 heterocycles. The van der Waals surface area contributed by atoms with Gasteiger partial charge in [0.2, 0.25) is 0 Å². The Labute approximate surface area is 145 Å². The first-order chi connectivity index (χ1) is 11.7. The molecule has 0 spiro atoms. The molecule has 1 N–H and O–H groups in total. The van der Waals surface area contributed by atoms with Crippen LogP contribution in [-0.4, -0.2) is 15.5 Å². The Morgan fingerprint density at radius 2 is 1.58 bits per heavy atom. The molecule has 0 bridgehead atoms. The summed E-state index contributed by atoms with van der Waals surface area (Å²) in [5.74, 6) is -0.104. The van der Waals surface area contributed by atoms with Crippen LogP contribution in [0.25, 0.3) is 5.69 Å². The van der Waals surface area contributed by atoms with Gasteiger partial charge in [0.1, 0.15) is 4.64 Å². The van der Waals surface area contributed by atoms with Crippen LogP contribution < -0.4 is 0 Å². The molecule has 0 saturated carbocycles. The number of aliphatic hydroxyl groups excluding tert-OH is 1. The molecule has 4 heteroatoms. The molecular formula is C20H17NO2S. The average molecular weight is 335 g/mol. The third-order valence-corrected chi connectivity index (χ3v) is 4.28. The molecule has 0 fully saturated rings. The first-order valence-corrected chi connectivity index (χ1v) is 8.11. The standard InChI is InChI=1S/C20H17NO2S/c22-18(15-8-3-1-4-9-15)14-19(23)17-12-7-13-21(20(17)24)16-10-5-2-6-11-16/h1-13,19,23H,14H2/t19-/m1/s1. The van der Waals surface area contributed by atoms with E-state index < -0.39 is 6.10 Å². The molecule has 3 rings (SSSR count). The first-order valence-electron chi connectivity index (χ1n) is 7.70. The van der Waals surface area contributed by atoms with Crippen LogP contribution in [0.15, 0.2) is 79.0 Å². The number of benzene rings is 2. The highest BCUT2D eigenvalue weighted by Crippen LogP contribution is 2.22. The second-order valence-corrected chi connectivity index (χ2v) is 5.87. The Bertz CT molecular complexity index is 888. The smallest absolute Gasteiger partial charge is 0.165 e. The fourth-order valence-corrected chi connectivity index (χ4v) is 2.95. The van der Waals surface area contributed by atoms with Crippen LogP contribution in [0.3, 0.4) is 0 Å². The molecule has 0 saturated heterocycles. The van der Waals surface area contributed by atoms with Crippen molar-refractivity contribution in [3.8, 4) is 5.69 Å². The Kier molecular flexibility index (Phi) is 4.99. The third kappa shape index (κ3) is 3.50. The lowest BCUT2D eigenvalue weighted by molar-refractivity contribution is 0.0879. The fourth-order valence-electron chi connectivity index (χ4n) is 2.58. The summed E-state index contributed by atoms with van der Waals surface area (Å²) < 4.78 is 2.35. The van der Waals surface area contributed by atoms with E-state index in [2.05, 4.69) is 0 Å². The zero-order valence-electron chi connectivity index (χ0n) is 13.0. The summed E-state index contributed by atoms with van der Waals surface area (Å²) in [5.41, 5.74) is 2.10. The summed E-state index contributed by atoms with van der Waals surface area (Å²) in [5, 5.41) is 10.5. The van der Waals surface area contributed by atoms with Gasteiger partial charge in [-0.05, 0) is 18.2 Å².